The summed E-state index contributed by atoms with van der Waals surface area (Å²) >= 11 is 3.36. The Bertz CT molecular complexity index is 702. The number of hydrogen-bond donors (Lipinski definition) is 1. The Labute approximate surface area is 142 Å². The molecule has 0 saturated carbocycles. The van der Waals surface area contributed by atoms with E-state index >= 15 is 0 Å². The summed E-state index contributed by atoms with van der Waals surface area (Å²) in [6.45, 7) is 1.57. The van der Waals surface area contributed by atoms with E-state index in [1.165, 1.54) is 6.33 Å². The van der Waals surface area contributed by atoms with Crippen molar-refractivity contribution in [3.8, 4) is 0 Å². The van der Waals surface area contributed by atoms with Gasteiger partial charge in [0.25, 0.3) is 0 Å². The predicted molar refractivity (Wildman–Crippen MR) is 92.2 cm³/mol. The first-order valence-electron chi connectivity index (χ1n) is 7.42. The highest BCUT2D eigenvalue weighted by Crippen LogP contribution is 2.34. The van der Waals surface area contributed by atoms with E-state index in [1.54, 1.807) is 0 Å². The molecule has 1 aromatic heterocycles. The summed E-state index contributed by atoms with van der Waals surface area (Å²) in [5.41, 5.74) is 0.664. The van der Waals surface area contributed by atoms with Crippen molar-refractivity contribution in [2.24, 2.45) is 0 Å². The van der Waals surface area contributed by atoms with Crippen molar-refractivity contribution in [1.29, 1.82) is 0 Å². The first kappa shape index (κ1) is 15.7. The highest BCUT2D eigenvalue weighted by Gasteiger charge is 2.27. The average molecular weight is 378 g/mol. The summed E-state index contributed by atoms with van der Waals surface area (Å²) in [5, 5.41) is 14.6. The van der Waals surface area contributed by atoms with E-state index in [0.29, 0.717) is 5.82 Å². The molecule has 23 heavy (non-hydrogen) atoms. The van der Waals surface area contributed by atoms with Gasteiger partial charge in [-0.3, -0.25) is 10.1 Å². The lowest BCUT2D eigenvalue weighted by molar-refractivity contribution is -0.383. The van der Waals surface area contributed by atoms with E-state index < -0.39 is 4.92 Å². The van der Waals surface area contributed by atoms with Gasteiger partial charge in [0.2, 0.25) is 11.6 Å². The van der Waals surface area contributed by atoms with Crippen molar-refractivity contribution < 1.29 is 4.92 Å². The Morgan fingerprint density at radius 2 is 1.83 bits per heavy atom. The van der Waals surface area contributed by atoms with Gasteiger partial charge in [-0.2, -0.15) is 0 Å². The summed E-state index contributed by atoms with van der Waals surface area (Å²) in [4.78, 5) is 21.4. The van der Waals surface area contributed by atoms with Crippen LogP contribution in [0.25, 0.3) is 0 Å². The molecule has 3 rings (SSSR count). The monoisotopic (exact) mass is 377 g/mol. The zero-order chi connectivity index (χ0) is 16.2. The predicted octanol–water partition coefficient (Wildman–Crippen LogP) is 3.88. The smallest absolute Gasteiger partial charge is 0.351 e. The van der Waals surface area contributed by atoms with Crippen LogP contribution in [0.4, 0.5) is 23.0 Å². The zero-order valence-corrected chi connectivity index (χ0v) is 14.0. The number of rotatable bonds is 4. The van der Waals surface area contributed by atoms with Crippen LogP contribution >= 0.6 is 15.9 Å². The Morgan fingerprint density at radius 3 is 2.48 bits per heavy atom. The van der Waals surface area contributed by atoms with Crippen molar-refractivity contribution in [2.45, 2.75) is 19.3 Å². The quantitative estimate of drug-likeness (QED) is 0.642. The third kappa shape index (κ3) is 3.58. The number of anilines is 3. The van der Waals surface area contributed by atoms with Gasteiger partial charge in [0.15, 0.2) is 0 Å². The van der Waals surface area contributed by atoms with Crippen LogP contribution < -0.4 is 10.2 Å². The third-order valence-electron chi connectivity index (χ3n) is 3.75. The molecule has 120 valence electrons. The second-order valence-corrected chi connectivity index (χ2v) is 6.25. The average Bonchev–Trinajstić information content (AvgIpc) is 2.57. The minimum absolute atomic E-state index is 0.0719. The molecule has 1 aliphatic rings. The first-order valence-corrected chi connectivity index (χ1v) is 8.21. The van der Waals surface area contributed by atoms with E-state index in [0.717, 1.165) is 42.5 Å². The molecule has 1 saturated heterocycles. The van der Waals surface area contributed by atoms with Gasteiger partial charge in [-0.25, -0.2) is 9.97 Å². The number of nitrogens with zero attached hydrogens (tertiary/aromatic N) is 4. The minimum atomic E-state index is -0.412. The van der Waals surface area contributed by atoms with Crippen molar-refractivity contribution >= 4 is 38.9 Å². The van der Waals surface area contributed by atoms with Gasteiger partial charge in [-0.1, -0.05) is 15.9 Å². The molecule has 1 N–H and O–H groups in total. The fraction of sp³-hybridized carbons (Fsp3) is 0.333. The van der Waals surface area contributed by atoms with Gasteiger partial charge in [0.1, 0.15) is 6.33 Å². The summed E-state index contributed by atoms with van der Waals surface area (Å²) in [7, 11) is 0. The molecule has 0 aliphatic carbocycles. The normalized spacial score (nSPS) is 14.6. The van der Waals surface area contributed by atoms with Gasteiger partial charge in [0, 0.05) is 23.2 Å². The molecule has 0 radical (unpaired) electrons. The van der Waals surface area contributed by atoms with E-state index in [-0.39, 0.29) is 11.5 Å². The van der Waals surface area contributed by atoms with Crippen molar-refractivity contribution in [3.05, 3.63) is 45.2 Å². The Morgan fingerprint density at radius 1 is 1.13 bits per heavy atom. The first-order chi connectivity index (χ1) is 11.1. The van der Waals surface area contributed by atoms with Crippen LogP contribution in [0.1, 0.15) is 19.3 Å². The van der Waals surface area contributed by atoms with Crippen LogP contribution in [0.2, 0.25) is 0 Å². The number of halogens is 1. The SMILES string of the molecule is O=[N+]([O-])c1c(Nc2ccc(Br)cc2)ncnc1N1CCCCC1. The van der Waals surface area contributed by atoms with Gasteiger partial charge in [-0.05, 0) is 43.5 Å². The molecular formula is C15H16BrN5O2. The molecule has 0 unspecified atom stereocenters. The van der Waals surface area contributed by atoms with E-state index in [4.69, 9.17) is 0 Å². The topological polar surface area (TPSA) is 84.2 Å². The van der Waals surface area contributed by atoms with E-state index in [9.17, 15) is 10.1 Å². The second kappa shape index (κ2) is 6.91. The summed E-state index contributed by atoms with van der Waals surface area (Å²) in [6, 6.07) is 7.38. The van der Waals surface area contributed by atoms with E-state index in [2.05, 4.69) is 31.2 Å². The molecule has 0 atom stereocenters. The van der Waals surface area contributed by atoms with Gasteiger partial charge in [-0.15, -0.1) is 0 Å². The number of aromatic nitrogens is 2. The highest BCUT2D eigenvalue weighted by molar-refractivity contribution is 9.10. The number of nitro groups is 1. The Balaban J connectivity index is 1.95. The Kier molecular flexibility index (Phi) is 4.71. The summed E-state index contributed by atoms with van der Waals surface area (Å²) < 4.78 is 0.939. The summed E-state index contributed by atoms with van der Waals surface area (Å²) in [5.74, 6) is 0.609. The number of hydrogen-bond acceptors (Lipinski definition) is 6. The fourth-order valence-electron chi connectivity index (χ4n) is 2.64. The molecule has 0 amide bonds. The second-order valence-electron chi connectivity index (χ2n) is 5.33. The van der Waals surface area contributed by atoms with Gasteiger partial charge < -0.3 is 10.2 Å². The van der Waals surface area contributed by atoms with Crippen molar-refractivity contribution in [1.82, 2.24) is 9.97 Å². The maximum atomic E-state index is 11.6. The van der Waals surface area contributed by atoms with E-state index in [1.807, 2.05) is 29.2 Å². The summed E-state index contributed by atoms with van der Waals surface area (Å²) in [6.07, 6.45) is 4.57. The number of nitrogens with one attached hydrogen (secondary N) is 1. The highest BCUT2D eigenvalue weighted by atomic mass is 79.9. The van der Waals surface area contributed by atoms with Gasteiger partial charge in [0.05, 0.1) is 4.92 Å². The fourth-order valence-corrected chi connectivity index (χ4v) is 2.90. The molecule has 2 heterocycles. The van der Waals surface area contributed by atoms with Crippen molar-refractivity contribution in [3.63, 3.8) is 0 Å². The molecule has 0 bridgehead atoms. The van der Waals surface area contributed by atoms with Crippen LogP contribution in [-0.2, 0) is 0 Å². The molecule has 7 nitrogen and oxygen atoms in total. The van der Waals surface area contributed by atoms with Crippen LogP contribution in [0.5, 0.6) is 0 Å². The number of piperidine rings is 1. The molecule has 8 heteroatoms. The number of benzene rings is 1. The Hall–Kier alpha value is -2.22. The molecule has 1 aromatic carbocycles. The lowest BCUT2D eigenvalue weighted by Gasteiger charge is -2.27. The standard InChI is InChI=1S/C15H16BrN5O2/c16-11-4-6-12(7-5-11)19-14-13(21(22)23)15(18-10-17-14)20-8-2-1-3-9-20/h4-7,10H,1-3,8-9H2,(H,17,18,19). The van der Waals surface area contributed by atoms with Crippen LogP contribution in [0.15, 0.2) is 35.1 Å². The zero-order valence-electron chi connectivity index (χ0n) is 12.4. The molecule has 2 aromatic rings. The van der Waals surface area contributed by atoms with Crippen LogP contribution in [0, 0.1) is 10.1 Å². The van der Waals surface area contributed by atoms with Crippen LogP contribution in [-0.4, -0.2) is 28.0 Å². The molecule has 0 spiro atoms. The maximum absolute atomic E-state index is 11.6. The maximum Gasteiger partial charge on any atom is 0.353 e. The van der Waals surface area contributed by atoms with Crippen molar-refractivity contribution in [2.75, 3.05) is 23.3 Å². The van der Waals surface area contributed by atoms with Crippen LogP contribution in [0.3, 0.4) is 0 Å². The lowest BCUT2D eigenvalue weighted by atomic mass is 10.1. The largest absolute Gasteiger partial charge is 0.353 e. The molecule has 1 fully saturated rings. The molecule has 1 aliphatic heterocycles. The minimum Gasteiger partial charge on any atom is -0.351 e. The third-order valence-corrected chi connectivity index (χ3v) is 4.28. The van der Waals surface area contributed by atoms with Gasteiger partial charge >= 0.3 is 5.69 Å². The lowest BCUT2D eigenvalue weighted by Crippen LogP contribution is -2.31. The molecular weight excluding hydrogens is 362 g/mol.